The number of hydrogen-bond acceptors (Lipinski definition) is 3. The first kappa shape index (κ1) is 13.7. The molecule has 4 nitrogen and oxygen atoms in total. The van der Waals surface area contributed by atoms with E-state index in [0.717, 1.165) is 12.1 Å². The lowest BCUT2D eigenvalue weighted by Gasteiger charge is -2.10. The van der Waals surface area contributed by atoms with Crippen molar-refractivity contribution in [3.05, 3.63) is 18.0 Å². The molecule has 18 heavy (non-hydrogen) atoms. The lowest BCUT2D eigenvalue weighted by molar-refractivity contribution is 0.464. The SMILES string of the molecule is CC(CCN)S(=O)Cc1ccn(C2CCCC2)n1. The minimum absolute atomic E-state index is 0.159. The lowest BCUT2D eigenvalue weighted by Crippen LogP contribution is -2.17. The molecule has 0 saturated heterocycles. The van der Waals surface area contributed by atoms with Crippen molar-refractivity contribution in [3.63, 3.8) is 0 Å². The van der Waals surface area contributed by atoms with Gasteiger partial charge in [-0.3, -0.25) is 8.89 Å². The molecule has 0 spiro atoms. The van der Waals surface area contributed by atoms with Crippen molar-refractivity contribution in [3.8, 4) is 0 Å². The van der Waals surface area contributed by atoms with Crippen LogP contribution in [0.5, 0.6) is 0 Å². The van der Waals surface area contributed by atoms with E-state index < -0.39 is 10.8 Å². The van der Waals surface area contributed by atoms with Gasteiger partial charge < -0.3 is 5.73 Å². The van der Waals surface area contributed by atoms with Gasteiger partial charge in [0.15, 0.2) is 0 Å². The highest BCUT2D eigenvalue weighted by Crippen LogP contribution is 2.28. The van der Waals surface area contributed by atoms with Crippen LogP contribution in [-0.2, 0) is 16.6 Å². The van der Waals surface area contributed by atoms with E-state index in [2.05, 4.69) is 9.78 Å². The monoisotopic (exact) mass is 269 g/mol. The molecule has 1 saturated carbocycles. The number of rotatable bonds is 6. The molecule has 5 heteroatoms. The first-order valence-electron chi connectivity index (χ1n) is 6.82. The Morgan fingerprint density at radius 3 is 2.94 bits per heavy atom. The van der Waals surface area contributed by atoms with E-state index in [1.807, 2.05) is 19.2 Å². The van der Waals surface area contributed by atoms with Crippen LogP contribution >= 0.6 is 0 Å². The number of aromatic nitrogens is 2. The summed E-state index contributed by atoms with van der Waals surface area (Å²) in [4.78, 5) is 0. The highest BCUT2D eigenvalue weighted by Gasteiger charge is 2.18. The van der Waals surface area contributed by atoms with Gasteiger partial charge in [0.25, 0.3) is 0 Å². The van der Waals surface area contributed by atoms with Gasteiger partial charge in [0, 0.05) is 22.2 Å². The number of nitrogens with two attached hydrogens (primary N) is 1. The third-order valence-corrected chi connectivity index (χ3v) is 5.39. The topological polar surface area (TPSA) is 60.9 Å². The van der Waals surface area contributed by atoms with Crippen molar-refractivity contribution in [2.45, 2.75) is 56.1 Å². The second-order valence-electron chi connectivity index (χ2n) is 5.14. The molecule has 1 heterocycles. The second-order valence-corrected chi connectivity index (χ2v) is 6.99. The number of nitrogens with zero attached hydrogens (tertiary/aromatic N) is 2. The molecule has 2 atom stereocenters. The minimum atomic E-state index is -0.860. The van der Waals surface area contributed by atoms with Gasteiger partial charge in [-0.1, -0.05) is 19.8 Å². The van der Waals surface area contributed by atoms with E-state index in [0.29, 0.717) is 18.3 Å². The van der Waals surface area contributed by atoms with Crippen LogP contribution in [0.1, 0.15) is 50.8 Å². The van der Waals surface area contributed by atoms with Crippen LogP contribution in [0.3, 0.4) is 0 Å². The Labute approximate surface area is 111 Å². The summed E-state index contributed by atoms with van der Waals surface area (Å²) in [5, 5.41) is 4.73. The predicted molar refractivity (Wildman–Crippen MR) is 74.7 cm³/mol. The van der Waals surface area contributed by atoms with E-state index in [-0.39, 0.29) is 5.25 Å². The zero-order chi connectivity index (χ0) is 13.0. The third kappa shape index (κ3) is 3.42. The normalized spacial score (nSPS) is 20.1. The highest BCUT2D eigenvalue weighted by molar-refractivity contribution is 7.84. The van der Waals surface area contributed by atoms with Crippen LogP contribution < -0.4 is 5.73 Å². The van der Waals surface area contributed by atoms with Crippen LogP contribution in [0, 0.1) is 0 Å². The van der Waals surface area contributed by atoms with E-state index in [1.165, 1.54) is 25.7 Å². The Hall–Kier alpha value is -0.680. The van der Waals surface area contributed by atoms with Gasteiger partial charge in [0.05, 0.1) is 17.5 Å². The zero-order valence-corrected chi connectivity index (χ0v) is 11.9. The Balaban J connectivity index is 1.91. The summed E-state index contributed by atoms with van der Waals surface area (Å²) in [6, 6.07) is 2.57. The maximum atomic E-state index is 12.0. The van der Waals surface area contributed by atoms with Crippen LogP contribution in [0.25, 0.3) is 0 Å². The molecule has 1 aliphatic carbocycles. The van der Waals surface area contributed by atoms with Crippen molar-refractivity contribution in [1.29, 1.82) is 0 Å². The van der Waals surface area contributed by atoms with E-state index in [1.54, 1.807) is 0 Å². The van der Waals surface area contributed by atoms with Gasteiger partial charge >= 0.3 is 0 Å². The fourth-order valence-corrected chi connectivity index (χ4v) is 3.61. The van der Waals surface area contributed by atoms with Crippen LogP contribution in [0.2, 0.25) is 0 Å². The summed E-state index contributed by atoms with van der Waals surface area (Å²) in [6.07, 6.45) is 7.92. The smallest absolute Gasteiger partial charge is 0.0749 e. The molecule has 0 bridgehead atoms. The van der Waals surface area contributed by atoms with Crippen molar-refractivity contribution in [2.75, 3.05) is 6.54 Å². The van der Waals surface area contributed by atoms with Crippen molar-refractivity contribution in [2.24, 2.45) is 5.73 Å². The molecule has 0 radical (unpaired) electrons. The molecule has 2 rings (SSSR count). The second kappa shape index (κ2) is 6.48. The van der Waals surface area contributed by atoms with Crippen molar-refractivity contribution < 1.29 is 4.21 Å². The van der Waals surface area contributed by atoms with E-state index >= 15 is 0 Å². The third-order valence-electron chi connectivity index (χ3n) is 3.67. The summed E-state index contributed by atoms with van der Waals surface area (Å²) in [5.41, 5.74) is 6.44. The highest BCUT2D eigenvalue weighted by atomic mass is 32.2. The molecule has 0 aliphatic heterocycles. The Kier molecular flexibility index (Phi) is 4.95. The average molecular weight is 269 g/mol. The van der Waals surface area contributed by atoms with Gasteiger partial charge in [0.1, 0.15) is 0 Å². The molecule has 2 N–H and O–H groups in total. The first-order chi connectivity index (χ1) is 8.70. The average Bonchev–Trinajstić information content (AvgIpc) is 2.98. The largest absolute Gasteiger partial charge is 0.330 e. The van der Waals surface area contributed by atoms with Crippen LogP contribution in [-0.4, -0.2) is 25.8 Å². The lowest BCUT2D eigenvalue weighted by atomic mass is 10.3. The van der Waals surface area contributed by atoms with E-state index in [4.69, 9.17) is 5.73 Å². The zero-order valence-electron chi connectivity index (χ0n) is 11.0. The Bertz CT molecular complexity index is 399. The molecule has 102 valence electrons. The maximum Gasteiger partial charge on any atom is 0.0749 e. The molecule has 2 unspecified atom stereocenters. The first-order valence-corrected chi connectivity index (χ1v) is 8.20. The fraction of sp³-hybridized carbons (Fsp3) is 0.769. The van der Waals surface area contributed by atoms with E-state index in [9.17, 15) is 4.21 Å². The summed E-state index contributed by atoms with van der Waals surface area (Å²) < 4.78 is 14.1. The van der Waals surface area contributed by atoms with Gasteiger partial charge in [0.2, 0.25) is 0 Å². The van der Waals surface area contributed by atoms with Crippen LogP contribution in [0.15, 0.2) is 12.3 Å². The summed E-state index contributed by atoms with van der Waals surface area (Å²) in [7, 11) is -0.860. The van der Waals surface area contributed by atoms with Gasteiger partial charge in [-0.15, -0.1) is 0 Å². The van der Waals surface area contributed by atoms with Gasteiger partial charge in [-0.2, -0.15) is 5.10 Å². The summed E-state index contributed by atoms with van der Waals surface area (Å²) >= 11 is 0. The van der Waals surface area contributed by atoms with Gasteiger partial charge in [-0.05, 0) is 31.9 Å². The standard InChI is InChI=1S/C13H23N3OS/c1-11(6-8-14)18(17)10-12-7-9-16(15-12)13-4-2-3-5-13/h7,9,11,13H,2-6,8,10,14H2,1H3. The van der Waals surface area contributed by atoms with Crippen molar-refractivity contribution in [1.82, 2.24) is 9.78 Å². The molecule has 0 aromatic carbocycles. The number of hydrogen-bond donors (Lipinski definition) is 1. The quantitative estimate of drug-likeness (QED) is 0.859. The fourth-order valence-electron chi connectivity index (χ4n) is 2.48. The molecule has 1 aromatic heterocycles. The maximum absolute atomic E-state index is 12.0. The predicted octanol–water partition coefficient (Wildman–Crippen LogP) is 1.98. The molecule has 0 amide bonds. The molecule has 1 aliphatic rings. The Morgan fingerprint density at radius 1 is 1.56 bits per heavy atom. The summed E-state index contributed by atoms with van der Waals surface area (Å²) in [5.74, 6) is 0.556. The molecular weight excluding hydrogens is 246 g/mol. The molecular formula is C13H23N3OS. The minimum Gasteiger partial charge on any atom is -0.330 e. The molecule has 1 fully saturated rings. The van der Waals surface area contributed by atoms with Crippen LogP contribution in [0.4, 0.5) is 0 Å². The summed E-state index contributed by atoms with van der Waals surface area (Å²) in [6.45, 7) is 2.60. The Morgan fingerprint density at radius 2 is 2.28 bits per heavy atom. The molecule has 1 aromatic rings. The van der Waals surface area contributed by atoms with Gasteiger partial charge in [-0.25, -0.2) is 0 Å². The van der Waals surface area contributed by atoms with Crippen molar-refractivity contribution >= 4 is 10.8 Å².